The minimum atomic E-state index is -0.727. The van der Waals surface area contributed by atoms with Crippen molar-refractivity contribution in [2.75, 3.05) is 65.7 Å². The summed E-state index contributed by atoms with van der Waals surface area (Å²) in [6.07, 6.45) is 11.4. The van der Waals surface area contributed by atoms with E-state index in [0.717, 1.165) is 59.0 Å². The highest BCUT2D eigenvalue weighted by Gasteiger charge is 2.44. The average Bonchev–Trinajstić information content (AvgIpc) is 3.53. The normalized spacial score (nSPS) is 20.6. The molecule has 10 heteroatoms. The van der Waals surface area contributed by atoms with E-state index in [2.05, 4.69) is 16.7 Å². The SMILES string of the molecule is C1CCOC1.C1CCOC1.N#CC1(C(=O)NCCN)CCC1.NCCNCC1(CN)CCC1.[B]. The summed E-state index contributed by atoms with van der Waals surface area (Å²) in [5.74, 6) is -0.151. The highest BCUT2D eigenvalue weighted by Crippen LogP contribution is 2.40. The molecule has 0 atom stereocenters. The monoisotopic (exact) mass is 479 g/mol. The van der Waals surface area contributed by atoms with Crippen molar-refractivity contribution in [1.29, 1.82) is 5.26 Å². The van der Waals surface area contributed by atoms with Gasteiger partial charge >= 0.3 is 0 Å². The molecule has 1 amide bonds. The van der Waals surface area contributed by atoms with Gasteiger partial charge in [-0.05, 0) is 69.7 Å². The zero-order chi connectivity index (χ0) is 24.3. The zero-order valence-electron chi connectivity index (χ0n) is 21.1. The van der Waals surface area contributed by atoms with Gasteiger partial charge < -0.3 is 37.3 Å². The molecule has 2 aliphatic carbocycles. The Morgan fingerprint density at radius 2 is 1.32 bits per heavy atom. The fraction of sp³-hybridized carbons (Fsp3) is 0.917. The Kier molecular flexibility index (Phi) is 19.3. The van der Waals surface area contributed by atoms with Crippen LogP contribution in [0.15, 0.2) is 0 Å². The molecule has 9 nitrogen and oxygen atoms in total. The van der Waals surface area contributed by atoms with E-state index < -0.39 is 5.41 Å². The largest absolute Gasteiger partial charge is 0.381 e. The number of nitrogens with zero attached hydrogens (tertiary/aromatic N) is 1. The molecule has 34 heavy (non-hydrogen) atoms. The van der Waals surface area contributed by atoms with Crippen molar-refractivity contribution in [3.05, 3.63) is 0 Å². The van der Waals surface area contributed by atoms with Crippen LogP contribution in [0.4, 0.5) is 0 Å². The van der Waals surface area contributed by atoms with E-state index in [-0.39, 0.29) is 14.3 Å². The molecule has 0 aromatic heterocycles. The third-order valence-corrected chi connectivity index (χ3v) is 6.61. The quantitative estimate of drug-likeness (QED) is 0.250. The van der Waals surface area contributed by atoms with Gasteiger partial charge in [-0.1, -0.05) is 6.42 Å². The highest BCUT2D eigenvalue weighted by molar-refractivity contribution is 5.86. The summed E-state index contributed by atoms with van der Waals surface area (Å²) in [6.45, 7) is 8.41. The van der Waals surface area contributed by atoms with Crippen molar-refractivity contribution in [2.45, 2.75) is 64.2 Å². The fourth-order valence-electron chi connectivity index (χ4n) is 3.88. The number of amides is 1. The summed E-state index contributed by atoms with van der Waals surface area (Å²) in [4.78, 5) is 11.3. The number of rotatable bonds is 8. The Bertz CT molecular complexity index is 515. The van der Waals surface area contributed by atoms with Crippen LogP contribution in [-0.2, 0) is 14.3 Å². The maximum Gasteiger partial charge on any atom is 0.240 e. The van der Waals surface area contributed by atoms with Gasteiger partial charge in [0.2, 0.25) is 5.91 Å². The lowest BCUT2D eigenvalue weighted by Crippen LogP contribution is -2.46. The zero-order valence-corrected chi connectivity index (χ0v) is 21.1. The Balaban J connectivity index is 0.000000452. The van der Waals surface area contributed by atoms with Gasteiger partial charge in [0.1, 0.15) is 5.41 Å². The van der Waals surface area contributed by atoms with Crippen molar-refractivity contribution >= 4 is 14.3 Å². The molecule has 8 N–H and O–H groups in total. The second-order valence-corrected chi connectivity index (χ2v) is 9.25. The summed E-state index contributed by atoms with van der Waals surface area (Å²) >= 11 is 0. The molecule has 0 aromatic carbocycles. The maximum atomic E-state index is 11.3. The van der Waals surface area contributed by atoms with Crippen LogP contribution in [0.5, 0.6) is 0 Å². The Morgan fingerprint density at radius 1 is 0.824 bits per heavy atom. The van der Waals surface area contributed by atoms with E-state index >= 15 is 0 Å². The second kappa shape index (κ2) is 20.0. The van der Waals surface area contributed by atoms with Crippen LogP contribution in [0, 0.1) is 22.2 Å². The molecule has 2 saturated heterocycles. The molecule has 3 radical (unpaired) electrons. The lowest BCUT2D eigenvalue weighted by atomic mass is 9.69. The van der Waals surface area contributed by atoms with Crippen LogP contribution >= 0.6 is 0 Å². The smallest absolute Gasteiger partial charge is 0.240 e. The molecule has 2 aliphatic heterocycles. The average molecular weight is 479 g/mol. The fourth-order valence-corrected chi connectivity index (χ4v) is 3.88. The Hall–Kier alpha value is -1.22. The van der Waals surface area contributed by atoms with E-state index in [1.165, 1.54) is 44.9 Å². The van der Waals surface area contributed by atoms with Crippen LogP contribution < -0.4 is 27.8 Å². The maximum absolute atomic E-state index is 11.3. The van der Waals surface area contributed by atoms with Gasteiger partial charge in [0.15, 0.2) is 0 Å². The second-order valence-electron chi connectivity index (χ2n) is 9.25. The number of nitrogens with two attached hydrogens (primary N) is 3. The molecule has 0 spiro atoms. The number of carbonyl (C=O) groups excluding carboxylic acids is 1. The third kappa shape index (κ3) is 12.5. The number of hydrogen-bond donors (Lipinski definition) is 5. The third-order valence-electron chi connectivity index (χ3n) is 6.61. The summed E-state index contributed by atoms with van der Waals surface area (Å²) in [5, 5.41) is 14.7. The van der Waals surface area contributed by atoms with Crippen LogP contribution in [0.3, 0.4) is 0 Å². The summed E-state index contributed by atoms with van der Waals surface area (Å²) in [5.41, 5.74) is 16.0. The summed E-state index contributed by atoms with van der Waals surface area (Å²) < 4.78 is 9.89. The van der Waals surface area contributed by atoms with Gasteiger partial charge in [0.05, 0.1) is 6.07 Å². The number of nitriles is 1. The van der Waals surface area contributed by atoms with E-state index in [4.69, 9.17) is 31.9 Å². The number of nitrogens with one attached hydrogen (secondary N) is 2. The minimum absolute atomic E-state index is 0. The van der Waals surface area contributed by atoms with Crippen molar-refractivity contribution in [1.82, 2.24) is 10.6 Å². The van der Waals surface area contributed by atoms with E-state index in [0.29, 0.717) is 31.3 Å². The molecule has 2 heterocycles. The van der Waals surface area contributed by atoms with Crippen LogP contribution in [-0.4, -0.2) is 80.0 Å². The van der Waals surface area contributed by atoms with Gasteiger partial charge in [0, 0.05) is 67.6 Å². The van der Waals surface area contributed by atoms with E-state index in [1.54, 1.807) is 0 Å². The molecule has 0 bridgehead atoms. The molecule has 0 aromatic rings. The van der Waals surface area contributed by atoms with Gasteiger partial charge in [-0.3, -0.25) is 4.79 Å². The molecule has 4 aliphatic rings. The Morgan fingerprint density at radius 3 is 1.59 bits per heavy atom. The lowest BCUT2D eigenvalue weighted by molar-refractivity contribution is -0.131. The van der Waals surface area contributed by atoms with Gasteiger partial charge in [0.25, 0.3) is 0 Å². The summed E-state index contributed by atoms with van der Waals surface area (Å²) in [6, 6.07) is 2.07. The molecule has 4 fully saturated rings. The Labute approximate surface area is 208 Å². The van der Waals surface area contributed by atoms with Crippen LogP contribution in [0.2, 0.25) is 0 Å². The molecule has 4 rings (SSSR count). The van der Waals surface area contributed by atoms with Crippen molar-refractivity contribution in [3.8, 4) is 6.07 Å². The predicted octanol–water partition coefficient (Wildman–Crippen LogP) is 0.632. The van der Waals surface area contributed by atoms with Crippen molar-refractivity contribution < 1.29 is 14.3 Å². The van der Waals surface area contributed by atoms with Crippen molar-refractivity contribution in [3.63, 3.8) is 0 Å². The number of carbonyl (C=O) groups is 1. The van der Waals surface area contributed by atoms with Gasteiger partial charge in [-0.15, -0.1) is 0 Å². The standard InChI is InChI=1S/C8H13N3O.C8H19N3.2C4H8O.B/c9-4-5-11-7(12)8(6-10)2-1-3-8;9-4-5-11-7-8(6-10)2-1-3-8;2*1-2-4-5-3-1;/h1-5,9H2,(H,11,12);11H,1-7,9-10H2;2*1-4H2;. The molecule has 2 saturated carbocycles. The lowest BCUT2D eigenvalue weighted by Gasteiger charge is -2.41. The first-order valence-corrected chi connectivity index (χ1v) is 12.7. The first kappa shape index (κ1) is 32.8. The molecule has 195 valence electrons. The minimum Gasteiger partial charge on any atom is -0.381 e. The first-order valence-electron chi connectivity index (χ1n) is 12.7. The van der Waals surface area contributed by atoms with E-state index in [9.17, 15) is 4.79 Å². The molecule has 0 unspecified atom stereocenters. The van der Waals surface area contributed by atoms with Crippen molar-refractivity contribution in [2.24, 2.45) is 28.0 Å². The van der Waals surface area contributed by atoms with Gasteiger partial charge in [-0.2, -0.15) is 5.26 Å². The number of hydrogen-bond acceptors (Lipinski definition) is 8. The van der Waals surface area contributed by atoms with Crippen LogP contribution in [0.25, 0.3) is 0 Å². The topological polar surface area (TPSA) is 161 Å². The number of ether oxygens (including phenoxy) is 2. The first-order chi connectivity index (χ1) is 16.1. The predicted molar refractivity (Wildman–Crippen MR) is 137 cm³/mol. The van der Waals surface area contributed by atoms with Crippen LogP contribution in [0.1, 0.15) is 64.2 Å². The molecular formula is C24H48BN6O3. The summed E-state index contributed by atoms with van der Waals surface area (Å²) in [7, 11) is 0. The molecular weight excluding hydrogens is 431 g/mol. The highest BCUT2D eigenvalue weighted by atomic mass is 16.5. The van der Waals surface area contributed by atoms with Gasteiger partial charge in [-0.25, -0.2) is 0 Å². The van der Waals surface area contributed by atoms with E-state index in [1.807, 2.05) is 0 Å².